The molecular formula is C14H15N3O. The van der Waals surface area contributed by atoms with Gasteiger partial charge in [0.15, 0.2) is 0 Å². The molecule has 0 aliphatic carbocycles. The Morgan fingerprint density at radius 1 is 1.33 bits per heavy atom. The Morgan fingerprint density at radius 3 is 2.94 bits per heavy atom. The van der Waals surface area contributed by atoms with Crippen molar-refractivity contribution in [3.05, 3.63) is 46.5 Å². The molecule has 4 nitrogen and oxygen atoms in total. The van der Waals surface area contributed by atoms with Crippen LogP contribution in [0.15, 0.2) is 35.1 Å². The SMILES string of the molecule is Cc1nc(=O)c2ccccc2n1C1=CCNCC1. The van der Waals surface area contributed by atoms with Crippen LogP contribution in [0.2, 0.25) is 0 Å². The van der Waals surface area contributed by atoms with Gasteiger partial charge in [-0.3, -0.25) is 4.79 Å². The van der Waals surface area contributed by atoms with Crippen molar-refractivity contribution >= 4 is 16.6 Å². The van der Waals surface area contributed by atoms with Crippen molar-refractivity contribution in [2.75, 3.05) is 13.1 Å². The van der Waals surface area contributed by atoms with Crippen LogP contribution in [0.3, 0.4) is 0 Å². The van der Waals surface area contributed by atoms with E-state index in [9.17, 15) is 4.79 Å². The van der Waals surface area contributed by atoms with Crippen molar-refractivity contribution in [2.45, 2.75) is 13.3 Å². The minimum absolute atomic E-state index is 0.145. The second-order valence-electron chi connectivity index (χ2n) is 4.47. The normalized spacial score (nSPS) is 15.7. The first-order chi connectivity index (χ1) is 8.77. The summed E-state index contributed by atoms with van der Waals surface area (Å²) >= 11 is 0. The summed E-state index contributed by atoms with van der Waals surface area (Å²) < 4.78 is 2.09. The van der Waals surface area contributed by atoms with E-state index in [2.05, 4.69) is 20.9 Å². The van der Waals surface area contributed by atoms with Gasteiger partial charge in [0, 0.05) is 25.2 Å². The molecule has 2 aromatic rings. The average molecular weight is 241 g/mol. The quantitative estimate of drug-likeness (QED) is 0.823. The zero-order chi connectivity index (χ0) is 12.5. The van der Waals surface area contributed by atoms with Gasteiger partial charge in [0.1, 0.15) is 5.82 Å². The summed E-state index contributed by atoms with van der Waals surface area (Å²) in [7, 11) is 0. The third-order valence-electron chi connectivity index (χ3n) is 3.29. The van der Waals surface area contributed by atoms with Crippen LogP contribution in [0.1, 0.15) is 12.2 Å². The Balaban J connectivity index is 2.34. The number of nitrogens with zero attached hydrogens (tertiary/aromatic N) is 2. The summed E-state index contributed by atoms with van der Waals surface area (Å²) in [6.07, 6.45) is 3.12. The Kier molecular flexibility index (Phi) is 2.72. The summed E-state index contributed by atoms with van der Waals surface area (Å²) in [5.41, 5.74) is 2.02. The van der Waals surface area contributed by atoms with Gasteiger partial charge in [0.05, 0.1) is 10.9 Å². The number of benzene rings is 1. The monoisotopic (exact) mass is 241 g/mol. The molecular weight excluding hydrogens is 226 g/mol. The largest absolute Gasteiger partial charge is 0.313 e. The zero-order valence-corrected chi connectivity index (χ0v) is 10.3. The van der Waals surface area contributed by atoms with E-state index in [1.54, 1.807) is 0 Å². The molecule has 0 fully saturated rings. The lowest BCUT2D eigenvalue weighted by Gasteiger charge is -2.20. The van der Waals surface area contributed by atoms with Gasteiger partial charge in [-0.05, 0) is 19.1 Å². The molecule has 0 spiro atoms. The van der Waals surface area contributed by atoms with Crippen molar-refractivity contribution < 1.29 is 0 Å². The Hall–Kier alpha value is -1.94. The van der Waals surface area contributed by atoms with E-state index in [1.165, 1.54) is 5.70 Å². The lowest BCUT2D eigenvalue weighted by atomic mass is 10.2. The van der Waals surface area contributed by atoms with E-state index in [0.717, 1.165) is 30.9 Å². The first-order valence-corrected chi connectivity index (χ1v) is 6.16. The van der Waals surface area contributed by atoms with Gasteiger partial charge in [-0.15, -0.1) is 0 Å². The summed E-state index contributed by atoms with van der Waals surface area (Å²) in [5, 5.41) is 3.97. The fourth-order valence-corrected chi connectivity index (χ4v) is 2.46. The van der Waals surface area contributed by atoms with Crippen LogP contribution in [0.25, 0.3) is 16.6 Å². The molecule has 0 saturated heterocycles. The molecule has 0 bridgehead atoms. The number of para-hydroxylation sites is 1. The predicted octanol–water partition coefficient (Wildman–Crippen LogP) is 1.54. The Labute approximate surface area is 105 Å². The average Bonchev–Trinajstić information content (AvgIpc) is 2.40. The topological polar surface area (TPSA) is 46.9 Å². The highest BCUT2D eigenvalue weighted by Gasteiger charge is 2.12. The minimum Gasteiger partial charge on any atom is -0.313 e. The third-order valence-corrected chi connectivity index (χ3v) is 3.29. The fraction of sp³-hybridized carbons (Fsp3) is 0.286. The lowest BCUT2D eigenvalue weighted by Crippen LogP contribution is -2.24. The number of aromatic nitrogens is 2. The molecule has 92 valence electrons. The Bertz CT molecular complexity index is 685. The molecule has 0 atom stereocenters. The minimum atomic E-state index is -0.145. The van der Waals surface area contributed by atoms with Gasteiger partial charge in [-0.1, -0.05) is 18.2 Å². The van der Waals surface area contributed by atoms with Crippen LogP contribution in [-0.2, 0) is 0 Å². The zero-order valence-electron chi connectivity index (χ0n) is 10.3. The maximum absolute atomic E-state index is 11.9. The molecule has 1 aliphatic rings. The fourth-order valence-electron chi connectivity index (χ4n) is 2.46. The third kappa shape index (κ3) is 1.75. The molecule has 2 heterocycles. The van der Waals surface area contributed by atoms with Crippen LogP contribution in [-0.4, -0.2) is 22.6 Å². The lowest BCUT2D eigenvalue weighted by molar-refractivity contribution is 0.713. The number of nitrogens with one attached hydrogen (secondary N) is 1. The van der Waals surface area contributed by atoms with Crippen LogP contribution in [0.5, 0.6) is 0 Å². The molecule has 1 aliphatic heterocycles. The van der Waals surface area contributed by atoms with Gasteiger partial charge in [-0.25, -0.2) is 0 Å². The van der Waals surface area contributed by atoms with E-state index < -0.39 is 0 Å². The standard InChI is InChI=1S/C14H15N3O/c1-10-16-14(18)12-4-2-3-5-13(12)17(10)11-6-8-15-9-7-11/h2-6,15H,7-9H2,1H3. The van der Waals surface area contributed by atoms with Crippen molar-refractivity contribution in [2.24, 2.45) is 0 Å². The van der Waals surface area contributed by atoms with Crippen LogP contribution >= 0.6 is 0 Å². The van der Waals surface area contributed by atoms with Gasteiger partial charge < -0.3 is 9.88 Å². The maximum atomic E-state index is 11.9. The Morgan fingerprint density at radius 2 is 2.17 bits per heavy atom. The van der Waals surface area contributed by atoms with Crippen molar-refractivity contribution in [1.82, 2.24) is 14.9 Å². The molecule has 0 radical (unpaired) electrons. The summed E-state index contributed by atoms with van der Waals surface area (Å²) in [6, 6.07) is 7.65. The first-order valence-electron chi connectivity index (χ1n) is 6.16. The number of rotatable bonds is 1. The van der Waals surface area contributed by atoms with Crippen LogP contribution < -0.4 is 10.9 Å². The summed E-state index contributed by atoms with van der Waals surface area (Å²) in [6.45, 7) is 3.72. The number of fused-ring (bicyclic) bond motifs is 1. The highest BCUT2D eigenvalue weighted by Crippen LogP contribution is 2.19. The molecule has 3 rings (SSSR count). The number of hydrogen-bond donors (Lipinski definition) is 1. The summed E-state index contributed by atoms with van der Waals surface area (Å²) in [5.74, 6) is 0.756. The van der Waals surface area contributed by atoms with Crippen LogP contribution in [0, 0.1) is 6.92 Å². The molecule has 18 heavy (non-hydrogen) atoms. The molecule has 4 heteroatoms. The van der Waals surface area contributed by atoms with Gasteiger partial charge >= 0.3 is 0 Å². The van der Waals surface area contributed by atoms with E-state index in [4.69, 9.17) is 0 Å². The molecule has 1 aromatic heterocycles. The van der Waals surface area contributed by atoms with E-state index in [1.807, 2.05) is 31.2 Å². The molecule has 0 unspecified atom stereocenters. The molecule has 1 N–H and O–H groups in total. The van der Waals surface area contributed by atoms with Gasteiger partial charge in [0.25, 0.3) is 5.56 Å². The van der Waals surface area contributed by atoms with Crippen molar-refractivity contribution in [3.8, 4) is 0 Å². The van der Waals surface area contributed by atoms with Gasteiger partial charge in [-0.2, -0.15) is 4.98 Å². The predicted molar refractivity (Wildman–Crippen MR) is 72.5 cm³/mol. The number of aryl methyl sites for hydroxylation is 1. The van der Waals surface area contributed by atoms with E-state index >= 15 is 0 Å². The number of hydrogen-bond acceptors (Lipinski definition) is 3. The highest BCUT2D eigenvalue weighted by atomic mass is 16.1. The first kappa shape index (κ1) is 11.2. The maximum Gasteiger partial charge on any atom is 0.280 e. The smallest absolute Gasteiger partial charge is 0.280 e. The van der Waals surface area contributed by atoms with Crippen LogP contribution in [0.4, 0.5) is 0 Å². The highest BCUT2D eigenvalue weighted by molar-refractivity contribution is 5.81. The van der Waals surface area contributed by atoms with E-state index in [-0.39, 0.29) is 5.56 Å². The second kappa shape index (κ2) is 4.38. The van der Waals surface area contributed by atoms with E-state index in [0.29, 0.717) is 5.39 Å². The second-order valence-corrected chi connectivity index (χ2v) is 4.47. The molecule has 1 aromatic carbocycles. The molecule has 0 saturated carbocycles. The van der Waals surface area contributed by atoms with Crippen molar-refractivity contribution in [1.29, 1.82) is 0 Å². The van der Waals surface area contributed by atoms with Gasteiger partial charge in [0.2, 0.25) is 0 Å². The summed E-state index contributed by atoms with van der Waals surface area (Å²) in [4.78, 5) is 16.0. The molecule has 0 amide bonds. The van der Waals surface area contributed by atoms with Crippen molar-refractivity contribution in [3.63, 3.8) is 0 Å².